The lowest BCUT2D eigenvalue weighted by Crippen LogP contribution is -2.39. The van der Waals surface area contributed by atoms with Gasteiger partial charge in [-0.25, -0.2) is 0 Å². The zero-order valence-corrected chi connectivity index (χ0v) is 12.6. The van der Waals surface area contributed by atoms with Gasteiger partial charge in [0, 0.05) is 7.11 Å². The van der Waals surface area contributed by atoms with E-state index >= 15 is 0 Å². The van der Waals surface area contributed by atoms with Gasteiger partial charge >= 0.3 is 0 Å². The van der Waals surface area contributed by atoms with Gasteiger partial charge in [0.25, 0.3) is 0 Å². The molecule has 0 radical (unpaired) electrons. The fraction of sp³-hybridized carbons (Fsp3) is 1.00. The molecule has 5 heteroatoms. The van der Waals surface area contributed by atoms with Gasteiger partial charge in [0.1, 0.15) is 19.0 Å². The molecule has 0 amide bonds. The highest BCUT2D eigenvalue weighted by atomic mass is 16.8. The van der Waals surface area contributed by atoms with E-state index in [-0.39, 0.29) is 31.7 Å². The molecule has 0 bridgehead atoms. The van der Waals surface area contributed by atoms with Crippen LogP contribution in [0.1, 0.15) is 46.5 Å². The van der Waals surface area contributed by atoms with Crippen LogP contribution >= 0.6 is 0 Å². The molecule has 5 nitrogen and oxygen atoms in total. The Kier molecular flexibility index (Phi) is 7.25. The Morgan fingerprint density at radius 2 is 2.00 bits per heavy atom. The van der Waals surface area contributed by atoms with Gasteiger partial charge in [0.05, 0.1) is 12.7 Å². The molecule has 0 aromatic carbocycles. The largest absolute Gasteiger partial charge is 0.394 e. The van der Waals surface area contributed by atoms with Crippen LogP contribution in [0.3, 0.4) is 0 Å². The number of aliphatic hydroxyl groups excluding tert-OH is 1. The van der Waals surface area contributed by atoms with E-state index in [0.29, 0.717) is 0 Å². The molecule has 1 aliphatic heterocycles. The van der Waals surface area contributed by atoms with Gasteiger partial charge in [-0.2, -0.15) is 0 Å². The van der Waals surface area contributed by atoms with Crippen molar-refractivity contribution in [3.8, 4) is 0 Å². The van der Waals surface area contributed by atoms with Gasteiger partial charge in [-0.1, -0.05) is 26.2 Å². The first-order chi connectivity index (χ1) is 9.04. The SMILES string of the molecule is CCCCC[C@@H](OCOC)[C@@H]1OC(C)(C)O[C@H]1CO. The average molecular weight is 276 g/mol. The molecule has 0 aliphatic carbocycles. The summed E-state index contributed by atoms with van der Waals surface area (Å²) in [5.41, 5.74) is 0. The monoisotopic (exact) mass is 276 g/mol. The summed E-state index contributed by atoms with van der Waals surface area (Å²) in [5.74, 6) is -0.669. The second-order valence-electron chi connectivity index (χ2n) is 5.43. The number of aliphatic hydroxyl groups is 1. The second-order valence-corrected chi connectivity index (χ2v) is 5.43. The van der Waals surface area contributed by atoms with E-state index in [2.05, 4.69) is 6.92 Å². The van der Waals surface area contributed by atoms with Crippen LogP contribution in [0.5, 0.6) is 0 Å². The fourth-order valence-corrected chi connectivity index (χ4v) is 2.41. The first kappa shape index (κ1) is 16.9. The molecule has 0 saturated carbocycles. The first-order valence-corrected chi connectivity index (χ1v) is 7.11. The van der Waals surface area contributed by atoms with E-state index in [4.69, 9.17) is 18.9 Å². The van der Waals surface area contributed by atoms with Crippen LogP contribution in [0.2, 0.25) is 0 Å². The van der Waals surface area contributed by atoms with Crippen molar-refractivity contribution < 1.29 is 24.1 Å². The number of hydrogen-bond acceptors (Lipinski definition) is 5. The summed E-state index contributed by atoms with van der Waals surface area (Å²) in [6, 6.07) is 0. The highest BCUT2D eigenvalue weighted by molar-refractivity contribution is 4.87. The highest BCUT2D eigenvalue weighted by Crippen LogP contribution is 2.32. The van der Waals surface area contributed by atoms with Crippen molar-refractivity contribution in [1.29, 1.82) is 0 Å². The lowest BCUT2D eigenvalue weighted by molar-refractivity contribution is -0.171. The number of unbranched alkanes of at least 4 members (excludes halogenated alkanes) is 2. The van der Waals surface area contributed by atoms with Crippen molar-refractivity contribution >= 4 is 0 Å². The van der Waals surface area contributed by atoms with Crippen LogP contribution in [0.25, 0.3) is 0 Å². The van der Waals surface area contributed by atoms with E-state index in [1.54, 1.807) is 7.11 Å². The second kappa shape index (κ2) is 8.17. The molecule has 114 valence electrons. The third-order valence-electron chi connectivity index (χ3n) is 3.26. The Morgan fingerprint density at radius 1 is 1.26 bits per heavy atom. The van der Waals surface area contributed by atoms with Crippen LogP contribution in [-0.2, 0) is 18.9 Å². The quantitative estimate of drug-likeness (QED) is 0.516. The number of hydrogen-bond donors (Lipinski definition) is 1. The zero-order valence-electron chi connectivity index (χ0n) is 12.6. The Morgan fingerprint density at radius 3 is 2.58 bits per heavy atom. The molecule has 1 heterocycles. The van der Waals surface area contributed by atoms with E-state index in [1.165, 1.54) is 0 Å². The third kappa shape index (κ3) is 5.36. The van der Waals surface area contributed by atoms with E-state index in [0.717, 1.165) is 25.7 Å². The number of rotatable bonds is 9. The molecule has 1 aliphatic rings. The molecular formula is C14H28O5. The van der Waals surface area contributed by atoms with Crippen molar-refractivity contribution in [2.45, 2.75) is 70.6 Å². The number of methoxy groups -OCH3 is 1. The summed E-state index contributed by atoms with van der Waals surface area (Å²) >= 11 is 0. The summed E-state index contributed by atoms with van der Waals surface area (Å²) < 4.78 is 22.3. The predicted octanol–water partition coefficient (Wildman–Crippen LogP) is 2.07. The minimum atomic E-state index is -0.669. The standard InChI is InChI=1S/C14H28O5/c1-5-6-7-8-11(17-10-16-4)13-12(9-15)18-14(2,3)19-13/h11-13,15H,5-10H2,1-4H3/t11-,12+,13+/m1/s1. The van der Waals surface area contributed by atoms with Gasteiger partial charge in [-0.05, 0) is 20.3 Å². The Balaban J connectivity index is 2.60. The normalized spacial score (nSPS) is 27.6. The Hall–Kier alpha value is -0.200. The predicted molar refractivity (Wildman–Crippen MR) is 71.8 cm³/mol. The molecule has 1 fully saturated rings. The molecule has 3 atom stereocenters. The third-order valence-corrected chi connectivity index (χ3v) is 3.26. The van der Waals surface area contributed by atoms with Crippen LogP contribution in [-0.4, -0.2) is 49.7 Å². The Labute approximate surface area is 116 Å². The van der Waals surface area contributed by atoms with Gasteiger partial charge in [0.2, 0.25) is 0 Å². The van der Waals surface area contributed by atoms with Crippen molar-refractivity contribution in [1.82, 2.24) is 0 Å². The van der Waals surface area contributed by atoms with Gasteiger partial charge in [-0.3, -0.25) is 0 Å². The maximum Gasteiger partial charge on any atom is 0.164 e. The minimum Gasteiger partial charge on any atom is -0.394 e. The molecule has 1 rings (SSSR count). The van der Waals surface area contributed by atoms with Crippen LogP contribution in [0.4, 0.5) is 0 Å². The molecule has 0 unspecified atom stereocenters. The maximum absolute atomic E-state index is 9.42. The first-order valence-electron chi connectivity index (χ1n) is 7.11. The number of ether oxygens (including phenoxy) is 4. The van der Waals surface area contributed by atoms with Crippen LogP contribution in [0, 0.1) is 0 Å². The summed E-state index contributed by atoms with van der Waals surface area (Å²) in [4.78, 5) is 0. The van der Waals surface area contributed by atoms with Gasteiger partial charge in [-0.15, -0.1) is 0 Å². The molecular weight excluding hydrogens is 248 g/mol. The summed E-state index contributed by atoms with van der Waals surface area (Å²) in [7, 11) is 1.60. The molecule has 1 saturated heterocycles. The summed E-state index contributed by atoms with van der Waals surface area (Å²) in [6.07, 6.45) is 3.60. The molecule has 19 heavy (non-hydrogen) atoms. The lowest BCUT2D eigenvalue weighted by Gasteiger charge is -2.26. The summed E-state index contributed by atoms with van der Waals surface area (Å²) in [5, 5.41) is 9.42. The van der Waals surface area contributed by atoms with Gasteiger partial charge < -0.3 is 24.1 Å². The molecule has 1 N–H and O–H groups in total. The molecule has 0 spiro atoms. The lowest BCUT2D eigenvalue weighted by atomic mass is 10.0. The smallest absolute Gasteiger partial charge is 0.164 e. The topological polar surface area (TPSA) is 57.2 Å². The zero-order chi connectivity index (χ0) is 14.3. The molecule has 0 aromatic heterocycles. The Bertz CT molecular complexity index is 244. The van der Waals surface area contributed by atoms with Crippen molar-refractivity contribution in [2.75, 3.05) is 20.5 Å². The van der Waals surface area contributed by atoms with E-state index in [1.807, 2.05) is 13.8 Å². The highest BCUT2D eigenvalue weighted by Gasteiger charge is 2.45. The van der Waals surface area contributed by atoms with E-state index in [9.17, 15) is 5.11 Å². The average Bonchev–Trinajstić information content (AvgIpc) is 2.69. The van der Waals surface area contributed by atoms with Crippen LogP contribution < -0.4 is 0 Å². The van der Waals surface area contributed by atoms with Crippen LogP contribution in [0.15, 0.2) is 0 Å². The van der Waals surface area contributed by atoms with Gasteiger partial charge in [0.15, 0.2) is 5.79 Å². The maximum atomic E-state index is 9.42. The molecule has 0 aromatic rings. The van der Waals surface area contributed by atoms with Crippen molar-refractivity contribution in [3.05, 3.63) is 0 Å². The van der Waals surface area contributed by atoms with Crippen molar-refractivity contribution in [3.63, 3.8) is 0 Å². The van der Waals surface area contributed by atoms with E-state index < -0.39 is 5.79 Å². The van der Waals surface area contributed by atoms with Crippen molar-refractivity contribution in [2.24, 2.45) is 0 Å². The minimum absolute atomic E-state index is 0.0608. The summed E-state index contributed by atoms with van der Waals surface area (Å²) in [6.45, 7) is 6.05. The fourth-order valence-electron chi connectivity index (χ4n) is 2.41.